The average Bonchev–Trinajstić information content (AvgIpc) is 2.15. The van der Waals surface area contributed by atoms with Crippen molar-refractivity contribution < 1.29 is 19.7 Å². The normalized spacial score (nSPS) is 27.0. The minimum atomic E-state index is -0.600. The molecule has 1 saturated heterocycles. The van der Waals surface area contributed by atoms with Gasteiger partial charge in [0.15, 0.2) is 0 Å². The first kappa shape index (κ1) is 9.92. The average molecular weight is 176 g/mol. The first-order valence-electron chi connectivity index (χ1n) is 4.33. The maximum absolute atomic E-state index is 9.44. The SMILES string of the molecule is OCOCC(O)C1CCCCO1. The van der Waals surface area contributed by atoms with E-state index in [9.17, 15) is 5.11 Å². The molecule has 4 nitrogen and oxygen atoms in total. The highest BCUT2D eigenvalue weighted by Gasteiger charge is 2.22. The lowest BCUT2D eigenvalue weighted by molar-refractivity contribution is -0.109. The number of aliphatic hydroxyl groups excluding tert-OH is 2. The van der Waals surface area contributed by atoms with Crippen LogP contribution in [0.3, 0.4) is 0 Å². The van der Waals surface area contributed by atoms with Crippen LogP contribution < -0.4 is 0 Å². The maximum atomic E-state index is 9.44. The van der Waals surface area contributed by atoms with Crippen LogP contribution in [0.2, 0.25) is 0 Å². The van der Waals surface area contributed by atoms with Gasteiger partial charge in [0.25, 0.3) is 0 Å². The summed E-state index contributed by atoms with van der Waals surface area (Å²) in [6.45, 7) is 0.534. The lowest BCUT2D eigenvalue weighted by Crippen LogP contribution is -2.35. The van der Waals surface area contributed by atoms with Gasteiger partial charge in [0.1, 0.15) is 12.9 Å². The van der Waals surface area contributed by atoms with Crippen LogP contribution in [0.4, 0.5) is 0 Å². The van der Waals surface area contributed by atoms with Gasteiger partial charge in [-0.05, 0) is 19.3 Å². The number of aliphatic hydroxyl groups is 2. The lowest BCUT2D eigenvalue weighted by atomic mass is 10.1. The summed E-state index contributed by atoms with van der Waals surface area (Å²) in [6, 6.07) is 0. The molecule has 72 valence electrons. The van der Waals surface area contributed by atoms with E-state index in [2.05, 4.69) is 4.74 Å². The summed E-state index contributed by atoms with van der Waals surface area (Å²) >= 11 is 0. The van der Waals surface area contributed by atoms with E-state index < -0.39 is 6.10 Å². The summed E-state index contributed by atoms with van der Waals surface area (Å²) < 4.78 is 10.00. The van der Waals surface area contributed by atoms with Gasteiger partial charge in [-0.3, -0.25) is 0 Å². The van der Waals surface area contributed by atoms with Gasteiger partial charge in [0, 0.05) is 6.61 Å². The molecule has 4 heteroatoms. The lowest BCUT2D eigenvalue weighted by Gasteiger charge is -2.26. The van der Waals surface area contributed by atoms with Crippen molar-refractivity contribution in [1.82, 2.24) is 0 Å². The molecular formula is C8H16O4. The Hall–Kier alpha value is -0.160. The molecule has 2 atom stereocenters. The summed E-state index contributed by atoms with van der Waals surface area (Å²) in [5, 5.41) is 17.8. The van der Waals surface area contributed by atoms with Gasteiger partial charge in [-0.25, -0.2) is 0 Å². The first-order chi connectivity index (χ1) is 5.84. The monoisotopic (exact) mass is 176 g/mol. The third-order valence-corrected chi connectivity index (χ3v) is 2.02. The second kappa shape index (κ2) is 5.48. The predicted octanol–water partition coefficient (Wildman–Crippen LogP) is -0.117. The van der Waals surface area contributed by atoms with E-state index in [-0.39, 0.29) is 19.5 Å². The maximum Gasteiger partial charge on any atom is 0.143 e. The van der Waals surface area contributed by atoms with Gasteiger partial charge < -0.3 is 19.7 Å². The molecule has 0 radical (unpaired) electrons. The van der Waals surface area contributed by atoms with Gasteiger partial charge in [0.05, 0.1) is 12.7 Å². The molecule has 1 heterocycles. The molecule has 1 fully saturated rings. The summed E-state index contributed by atoms with van der Waals surface area (Å²) in [4.78, 5) is 0. The van der Waals surface area contributed by atoms with Crippen molar-refractivity contribution in [2.24, 2.45) is 0 Å². The highest BCUT2D eigenvalue weighted by Crippen LogP contribution is 2.15. The van der Waals surface area contributed by atoms with E-state index in [0.717, 1.165) is 25.9 Å². The third kappa shape index (κ3) is 3.06. The summed E-state index contributed by atoms with van der Waals surface area (Å²) in [5.41, 5.74) is 0. The van der Waals surface area contributed by atoms with Gasteiger partial charge in [-0.2, -0.15) is 0 Å². The molecular weight excluding hydrogens is 160 g/mol. The van der Waals surface area contributed by atoms with Crippen LogP contribution in [0.25, 0.3) is 0 Å². The molecule has 0 aliphatic carbocycles. The van der Waals surface area contributed by atoms with E-state index in [4.69, 9.17) is 9.84 Å². The van der Waals surface area contributed by atoms with Crippen LogP contribution in [-0.2, 0) is 9.47 Å². The van der Waals surface area contributed by atoms with Crippen molar-refractivity contribution in [1.29, 1.82) is 0 Å². The van der Waals surface area contributed by atoms with Crippen LogP contribution in [0.5, 0.6) is 0 Å². The Kier molecular flexibility index (Phi) is 4.53. The molecule has 2 N–H and O–H groups in total. The second-order valence-electron chi connectivity index (χ2n) is 2.97. The fourth-order valence-corrected chi connectivity index (χ4v) is 1.35. The number of hydrogen-bond acceptors (Lipinski definition) is 4. The quantitative estimate of drug-likeness (QED) is 0.586. The zero-order valence-electron chi connectivity index (χ0n) is 7.11. The van der Waals surface area contributed by atoms with E-state index in [1.54, 1.807) is 0 Å². The number of rotatable bonds is 4. The molecule has 1 rings (SSSR count). The Balaban J connectivity index is 2.15. The Labute approximate surface area is 72.1 Å². The molecule has 0 spiro atoms. The molecule has 1 aliphatic heterocycles. The van der Waals surface area contributed by atoms with Crippen molar-refractivity contribution in [3.05, 3.63) is 0 Å². The second-order valence-corrected chi connectivity index (χ2v) is 2.97. The zero-order valence-corrected chi connectivity index (χ0v) is 7.11. The van der Waals surface area contributed by atoms with Crippen molar-refractivity contribution in [2.75, 3.05) is 20.0 Å². The first-order valence-corrected chi connectivity index (χ1v) is 4.33. The molecule has 0 amide bonds. The molecule has 0 aromatic carbocycles. The van der Waals surface area contributed by atoms with E-state index in [1.807, 2.05) is 0 Å². The fourth-order valence-electron chi connectivity index (χ4n) is 1.35. The molecule has 2 unspecified atom stereocenters. The third-order valence-electron chi connectivity index (χ3n) is 2.02. The molecule has 0 aromatic heterocycles. The smallest absolute Gasteiger partial charge is 0.143 e. The van der Waals surface area contributed by atoms with Crippen molar-refractivity contribution in [3.63, 3.8) is 0 Å². The van der Waals surface area contributed by atoms with Crippen LogP contribution in [0.1, 0.15) is 19.3 Å². The summed E-state index contributed by atoms with van der Waals surface area (Å²) in [7, 11) is 0. The van der Waals surface area contributed by atoms with Gasteiger partial charge >= 0.3 is 0 Å². The van der Waals surface area contributed by atoms with Crippen LogP contribution in [0, 0.1) is 0 Å². The molecule has 12 heavy (non-hydrogen) atoms. The minimum absolute atomic E-state index is 0.106. The van der Waals surface area contributed by atoms with Crippen molar-refractivity contribution in [2.45, 2.75) is 31.5 Å². The molecule has 0 aromatic rings. The van der Waals surface area contributed by atoms with Gasteiger partial charge in [-0.1, -0.05) is 0 Å². The van der Waals surface area contributed by atoms with Crippen molar-refractivity contribution >= 4 is 0 Å². The highest BCUT2D eigenvalue weighted by molar-refractivity contribution is 4.71. The highest BCUT2D eigenvalue weighted by atomic mass is 16.6. The minimum Gasteiger partial charge on any atom is -0.388 e. The standard InChI is InChI=1S/C8H16O4/c9-6-11-5-7(10)8-3-1-2-4-12-8/h7-10H,1-6H2. The molecule has 0 saturated carbocycles. The van der Waals surface area contributed by atoms with Gasteiger partial charge in [0.2, 0.25) is 0 Å². The van der Waals surface area contributed by atoms with E-state index >= 15 is 0 Å². The molecule has 0 bridgehead atoms. The Morgan fingerprint density at radius 3 is 2.92 bits per heavy atom. The van der Waals surface area contributed by atoms with Crippen LogP contribution >= 0.6 is 0 Å². The predicted molar refractivity (Wildman–Crippen MR) is 42.6 cm³/mol. The number of hydrogen-bond donors (Lipinski definition) is 2. The topological polar surface area (TPSA) is 58.9 Å². The summed E-state index contributed by atoms with van der Waals surface area (Å²) in [5.74, 6) is 0. The fraction of sp³-hybridized carbons (Fsp3) is 1.00. The Bertz CT molecular complexity index is 112. The van der Waals surface area contributed by atoms with Gasteiger partial charge in [-0.15, -0.1) is 0 Å². The van der Waals surface area contributed by atoms with Crippen molar-refractivity contribution in [3.8, 4) is 0 Å². The van der Waals surface area contributed by atoms with Crippen LogP contribution in [-0.4, -0.2) is 42.4 Å². The largest absolute Gasteiger partial charge is 0.388 e. The Morgan fingerprint density at radius 1 is 1.50 bits per heavy atom. The Morgan fingerprint density at radius 2 is 2.33 bits per heavy atom. The van der Waals surface area contributed by atoms with E-state index in [0.29, 0.717) is 0 Å². The van der Waals surface area contributed by atoms with Crippen LogP contribution in [0.15, 0.2) is 0 Å². The summed E-state index contributed by atoms with van der Waals surface area (Å²) in [6.07, 6.45) is 2.35. The van der Waals surface area contributed by atoms with E-state index in [1.165, 1.54) is 0 Å². The molecule has 1 aliphatic rings. The number of ether oxygens (including phenoxy) is 2. The zero-order chi connectivity index (χ0) is 8.81.